The van der Waals surface area contributed by atoms with Crippen molar-refractivity contribution in [1.82, 2.24) is 5.32 Å². The van der Waals surface area contributed by atoms with Crippen molar-refractivity contribution < 1.29 is 19.1 Å². The normalized spacial score (nSPS) is 14.6. The van der Waals surface area contributed by atoms with Gasteiger partial charge in [-0.25, -0.2) is 4.79 Å². The molecule has 0 aliphatic carbocycles. The van der Waals surface area contributed by atoms with Crippen LogP contribution in [0.1, 0.15) is 55.1 Å². The van der Waals surface area contributed by atoms with Gasteiger partial charge in [-0.15, -0.1) is 0 Å². The minimum Gasteiger partial charge on any atom is -0.452 e. The highest BCUT2D eigenvalue weighted by atomic mass is 16.5. The van der Waals surface area contributed by atoms with Crippen LogP contribution in [0.15, 0.2) is 54.6 Å². The third-order valence-corrected chi connectivity index (χ3v) is 5.07. The van der Waals surface area contributed by atoms with Gasteiger partial charge in [0.05, 0.1) is 11.6 Å². The molecule has 1 fully saturated rings. The van der Waals surface area contributed by atoms with Gasteiger partial charge in [-0.2, -0.15) is 0 Å². The second-order valence-corrected chi connectivity index (χ2v) is 7.93. The second kappa shape index (κ2) is 10.1. The summed E-state index contributed by atoms with van der Waals surface area (Å²) in [6.07, 6.45) is 2.19. The molecule has 30 heavy (non-hydrogen) atoms. The molecule has 0 aromatic heterocycles. The summed E-state index contributed by atoms with van der Waals surface area (Å²) in [5, 5.41) is 2.96. The lowest BCUT2D eigenvalue weighted by atomic mass is 9.97. The van der Waals surface area contributed by atoms with E-state index in [1.807, 2.05) is 30.3 Å². The van der Waals surface area contributed by atoms with E-state index in [1.54, 1.807) is 29.2 Å². The number of rotatable bonds is 8. The number of hydrogen-bond acceptors (Lipinski definition) is 4. The maximum Gasteiger partial charge on any atom is 0.338 e. The fourth-order valence-corrected chi connectivity index (χ4v) is 3.58. The Kier molecular flexibility index (Phi) is 7.22. The van der Waals surface area contributed by atoms with Gasteiger partial charge in [-0.1, -0.05) is 44.2 Å². The van der Waals surface area contributed by atoms with Crippen molar-refractivity contribution in [1.29, 1.82) is 0 Å². The summed E-state index contributed by atoms with van der Waals surface area (Å²) < 4.78 is 5.19. The van der Waals surface area contributed by atoms with Gasteiger partial charge in [-0.05, 0) is 48.6 Å². The van der Waals surface area contributed by atoms with Crippen molar-refractivity contribution >= 4 is 23.5 Å². The van der Waals surface area contributed by atoms with Crippen LogP contribution in [0.25, 0.3) is 0 Å². The number of hydrogen-bond donors (Lipinski definition) is 1. The molecule has 2 aromatic rings. The quantitative estimate of drug-likeness (QED) is 0.673. The zero-order valence-electron chi connectivity index (χ0n) is 17.5. The fourth-order valence-electron chi connectivity index (χ4n) is 3.58. The number of carbonyl (C=O) groups is 3. The van der Waals surface area contributed by atoms with Gasteiger partial charge >= 0.3 is 5.97 Å². The van der Waals surface area contributed by atoms with Gasteiger partial charge in [-0.3, -0.25) is 9.59 Å². The summed E-state index contributed by atoms with van der Waals surface area (Å²) in [5.74, 6) is -0.405. The Bertz CT molecular complexity index is 878. The number of benzene rings is 2. The SMILES string of the molecule is CC(C)C[C@H](NC(=O)COC(=O)c1ccc(N2CCCC2=O)cc1)c1ccccc1. The van der Waals surface area contributed by atoms with E-state index in [9.17, 15) is 14.4 Å². The van der Waals surface area contributed by atoms with E-state index in [4.69, 9.17) is 4.74 Å². The van der Waals surface area contributed by atoms with Crippen LogP contribution >= 0.6 is 0 Å². The van der Waals surface area contributed by atoms with Crippen LogP contribution in [0.3, 0.4) is 0 Å². The Labute approximate surface area is 177 Å². The fraction of sp³-hybridized carbons (Fsp3) is 0.375. The Morgan fingerprint density at radius 1 is 1.07 bits per heavy atom. The minimum absolute atomic E-state index is 0.0939. The van der Waals surface area contributed by atoms with Gasteiger partial charge in [0.25, 0.3) is 5.91 Å². The van der Waals surface area contributed by atoms with E-state index in [2.05, 4.69) is 19.2 Å². The van der Waals surface area contributed by atoms with Crippen molar-refractivity contribution in [3.05, 3.63) is 65.7 Å². The molecular formula is C24H28N2O4. The first kappa shape index (κ1) is 21.6. The molecule has 1 N–H and O–H groups in total. The van der Waals surface area contributed by atoms with Crippen molar-refractivity contribution in [2.75, 3.05) is 18.1 Å². The highest BCUT2D eigenvalue weighted by Gasteiger charge is 2.22. The Hall–Kier alpha value is -3.15. The zero-order valence-corrected chi connectivity index (χ0v) is 17.5. The number of nitrogens with one attached hydrogen (secondary N) is 1. The summed E-state index contributed by atoms with van der Waals surface area (Å²) in [6, 6.07) is 16.3. The molecule has 1 atom stereocenters. The molecular weight excluding hydrogens is 380 g/mol. The van der Waals surface area contributed by atoms with Crippen molar-refractivity contribution in [3.63, 3.8) is 0 Å². The lowest BCUT2D eigenvalue weighted by Crippen LogP contribution is -2.33. The van der Waals surface area contributed by atoms with Crippen LogP contribution in [0.2, 0.25) is 0 Å². The molecule has 1 heterocycles. The molecule has 6 nitrogen and oxygen atoms in total. The number of carbonyl (C=O) groups excluding carboxylic acids is 3. The molecule has 2 aromatic carbocycles. The van der Waals surface area contributed by atoms with E-state index in [0.717, 1.165) is 24.1 Å². The highest BCUT2D eigenvalue weighted by Crippen LogP contribution is 2.22. The largest absolute Gasteiger partial charge is 0.452 e. The molecule has 2 amide bonds. The van der Waals surface area contributed by atoms with Crippen LogP contribution in [0.5, 0.6) is 0 Å². The van der Waals surface area contributed by atoms with Crippen molar-refractivity contribution in [3.8, 4) is 0 Å². The van der Waals surface area contributed by atoms with E-state index in [1.165, 1.54) is 0 Å². The predicted molar refractivity (Wildman–Crippen MR) is 115 cm³/mol. The molecule has 3 rings (SSSR count). The predicted octanol–water partition coefficient (Wildman–Crippen LogP) is 3.87. The van der Waals surface area contributed by atoms with E-state index < -0.39 is 5.97 Å². The summed E-state index contributed by atoms with van der Waals surface area (Å²) in [6.45, 7) is 4.55. The van der Waals surface area contributed by atoms with Crippen molar-refractivity contribution in [2.45, 2.75) is 39.2 Å². The number of ether oxygens (including phenoxy) is 1. The number of amides is 2. The zero-order chi connectivity index (χ0) is 21.5. The van der Waals surface area contributed by atoms with Crippen LogP contribution in [-0.4, -0.2) is 30.9 Å². The average molecular weight is 408 g/mol. The molecule has 6 heteroatoms. The molecule has 0 bridgehead atoms. The first-order valence-electron chi connectivity index (χ1n) is 10.4. The van der Waals surface area contributed by atoms with Crippen molar-refractivity contribution in [2.24, 2.45) is 5.92 Å². The van der Waals surface area contributed by atoms with Gasteiger partial charge in [0, 0.05) is 18.7 Å². The van der Waals surface area contributed by atoms with Gasteiger partial charge in [0.15, 0.2) is 6.61 Å². The maximum atomic E-state index is 12.4. The number of nitrogens with zero attached hydrogens (tertiary/aromatic N) is 1. The average Bonchev–Trinajstić information content (AvgIpc) is 3.18. The summed E-state index contributed by atoms with van der Waals surface area (Å²) >= 11 is 0. The Morgan fingerprint density at radius 3 is 2.37 bits per heavy atom. The molecule has 1 aliphatic rings. The van der Waals surface area contributed by atoms with E-state index in [-0.39, 0.29) is 24.5 Å². The molecule has 1 saturated heterocycles. The number of anilines is 1. The minimum atomic E-state index is -0.565. The van der Waals surface area contributed by atoms with Crippen LogP contribution < -0.4 is 10.2 Å². The van der Waals surface area contributed by atoms with E-state index in [0.29, 0.717) is 24.4 Å². The Morgan fingerprint density at radius 2 is 1.77 bits per heavy atom. The topological polar surface area (TPSA) is 75.7 Å². The smallest absolute Gasteiger partial charge is 0.338 e. The molecule has 0 spiro atoms. The summed E-state index contributed by atoms with van der Waals surface area (Å²) in [5.41, 5.74) is 2.14. The standard InChI is InChI=1S/C24H28N2O4/c1-17(2)15-21(18-7-4-3-5-8-18)25-22(27)16-30-24(29)19-10-12-20(13-11-19)26-14-6-9-23(26)28/h3-5,7-8,10-13,17,21H,6,9,14-16H2,1-2H3,(H,25,27)/t21-/m0/s1. The van der Waals surface area contributed by atoms with Gasteiger partial charge in [0.1, 0.15) is 0 Å². The second-order valence-electron chi connectivity index (χ2n) is 7.93. The van der Waals surface area contributed by atoms with Crippen LogP contribution in [-0.2, 0) is 14.3 Å². The molecule has 0 radical (unpaired) electrons. The Balaban J connectivity index is 1.54. The molecule has 0 saturated carbocycles. The van der Waals surface area contributed by atoms with E-state index >= 15 is 0 Å². The lowest BCUT2D eigenvalue weighted by molar-refractivity contribution is -0.125. The molecule has 158 valence electrons. The lowest BCUT2D eigenvalue weighted by Gasteiger charge is -2.21. The van der Waals surface area contributed by atoms with Crippen LogP contribution in [0, 0.1) is 5.92 Å². The maximum absolute atomic E-state index is 12.4. The monoisotopic (exact) mass is 408 g/mol. The highest BCUT2D eigenvalue weighted by molar-refractivity contribution is 5.96. The number of esters is 1. The first-order valence-corrected chi connectivity index (χ1v) is 10.4. The summed E-state index contributed by atoms with van der Waals surface area (Å²) in [4.78, 5) is 38.2. The molecule has 1 aliphatic heterocycles. The van der Waals surface area contributed by atoms with Gasteiger partial charge in [0.2, 0.25) is 5.91 Å². The molecule has 0 unspecified atom stereocenters. The third kappa shape index (κ3) is 5.69. The third-order valence-electron chi connectivity index (χ3n) is 5.07. The summed E-state index contributed by atoms with van der Waals surface area (Å²) in [7, 11) is 0. The van der Waals surface area contributed by atoms with Crippen LogP contribution in [0.4, 0.5) is 5.69 Å². The van der Waals surface area contributed by atoms with Gasteiger partial charge < -0.3 is 15.0 Å². The first-order chi connectivity index (χ1) is 14.4.